The van der Waals surface area contributed by atoms with Gasteiger partial charge in [0.2, 0.25) is 0 Å². The molecule has 0 aliphatic heterocycles. The summed E-state index contributed by atoms with van der Waals surface area (Å²) in [7, 11) is 1.69. The summed E-state index contributed by atoms with van der Waals surface area (Å²) in [5.41, 5.74) is 1.07. The molecule has 0 amide bonds. The van der Waals surface area contributed by atoms with Crippen molar-refractivity contribution in [2.75, 3.05) is 20.3 Å². The fourth-order valence-electron chi connectivity index (χ4n) is 1.87. The van der Waals surface area contributed by atoms with E-state index < -0.39 is 0 Å². The van der Waals surface area contributed by atoms with Crippen LogP contribution in [0.15, 0.2) is 24.2 Å². The Morgan fingerprint density at radius 1 is 1.47 bits per heavy atom. The largest absolute Gasteiger partial charge is 0.383 e. The third-order valence-electron chi connectivity index (χ3n) is 2.75. The maximum atomic E-state index is 5.03. The molecule has 0 spiro atoms. The summed E-state index contributed by atoms with van der Waals surface area (Å²) in [6.07, 6.45) is 5.18. The van der Waals surface area contributed by atoms with Crippen molar-refractivity contribution >= 4 is 16.3 Å². The summed E-state index contributed by atoms with van der Waals surface area (Å²) < 4.78 is 8.78. The zero-order chi connectivity index (χ0) is 13.1. The van der Waals surface area contributed by atoms with Crippen LogP contribution in [0.4, 0.5) is 0 Å². The van der Waals surface area contributed by atoms with Crippen molar-refractivity contribution in [1.29, 1.82) is 0 Å². The third kappa shape index (κ3) is 2.37. The quantitative estimate of drug-likeness (QED) is 0.673. The van der Waals surface area contributed by atoms with E-state index in [0.717, 1.165) is 23.0 Å². The van der Waals surface area contributed by atoms with Crippen LogP contribution in [0.3, 0.4) is 0 Å². The fraction of sp³-hybridized carbons (Fsp3) is 0.364. The van der Waals surface area contributed by atoms with Crippen LogP contribution < -0.4 is 5.32 Å². The van der Waals surface area contributed by atoms with Gasteiger partial charge in [0.15, 0.2) is 10.8 Å². The average Bonchev–Trinajstić information content (AvgIpc) is 3.11. The number of nitrogens with one attached hydrogen (secondary N) is 1. The maximum Gasteiger partial charge on any atom is 0.196 e. The lowest BCUT2D eigenvalue weighted by Crippen LogP contribution is -2.20. The smallest absolute Gasteiger partial charge is 0.196 e. The van der Waals surface area contributed by atoms with E-state index in [1.54, 1.807) is 29.5 Å². The second kappa shape index (κ2) is 5.47. The van der Waals surface area contributed by atoms with Crippen LogP contribution in [0.1, 0.15) is 5.69 Å². The van der Waals surface area contributed by atoms with E-state index in [2.05, 4.69) is 24.8 Å². The Kier molecular flexibility index (Phi) is 3.53. The van der Waals surface area contributed by atoms with Crippen molar-refractivity contribution in [3.63, 3.8) is 0 Å². The lowest BCUT2D eigenvalue weighted by molar-refractivity contribution is 0.199. The second-order valence-corrected chi connectivity index (χ2v) is 4.82. The van der Waals surface area contributed by atoms with Crippen LogP contribution in [0.25, 0.3) is 10.8 Å². The van der Waals surface area contributed by atoms with Crippen LogP contribution >= 0.6 is 11.3 Å². The summed E-state index contributed by atoms with van der Waals surface area (Å²) >= 11 is 1.60. The SMILES string of the molecule is COCCNCc1c(-n2cncn2)nc2sccn12. The van der Waals surface area contributed by atoms with Crippen molar-refractivity contribution in [3.8, 4) is 5.82 Å². The highest BCUT2D eigenvalue weighted by atomic mass is 32.1. The number of fused-ring (bicyclic) bond motifs is 1. The molecule has 0 aliphatic rings. The van der Waals surface area contributed by atoms with E-state index in [1.165, 1.54) is 6.33 Å². The Balaban J connectivity index is 1.90. The lowest BCUT2D eigenvalue weighted by atomic mass is 10.4. The molecule has 0 atom stereocenters. The minimum atomic E-state index is 0.685. The number of imidazole rings is 1. The lowest BCUT2D eigenvalue weighted by Gasteiger charge is -2.05. The van der Waals surface area contributed by atoms with E-state index in [1.807, 2.05) is 11.6 Å². The van der Waals surface area contributed by atoms with Crippen LogP contribution in [0.2, 0.25) is 0 Å². The van der Waals surface area contributed by atoms with Gasteiger partial charge in [0, 0.05) is 31.8 Å². The summed E-state index contributed by atoms with van der Waals surface area (Å²) in [6.45, 7) is 2.19. The van der Waals surface area contributed by atoms with Crippen molar-refractivity contribution in [1.82, 2.24) is 29.5 Å². The highest BCUT2D eigenvalue weighted by Gasteiger charge is 2.14. The first-order valence-electron chi connectivity index (χ1n) is 5.89. The third-order valence-corrected chi connectivity index (χ3v) is 3.51. The molecule has 7 nitrogen and oxygen atoms in total. The minimum Gasteiger partial charge on any atom is -0.383 e. The standard InChI is InChI=1S/C11H14N6OS/c1-18-4-2-12-6-9-10(17-8-13-7-14-17)15-11-16(9)3-5-19-11/h3,5,7-8,12H,2,4,6H2,1H3. The van der Waals surface area contributed by atoms with Gasteiger partial charge in [-0.25, -0.2) is 9.67 Å². The normalized spacial score (nSPS) is 11.4. The molecule has 0 radical (unpaired) electrons. The number of thiazole rings is 1. The first-order valence-corrected chi connectivity index (χ1v) is 6.77. The van der Waals surface area contributed by atoms with Crippen molar-refractivity contribution in [2.24, 2.45) is 0 Å². The van der Waals surface area contributed by atoms with Gasteiger partial charge in [-0.05, 0) is 0 Å². The van der Waals surface area contributed by atoms with E-state index in [0.29, 0.717) is 13.2 Å². The highest BCUT2D eigenvalue weighted by molar-refractivity contribution is 7.15. The highest BCUT2D eigenvalue weighted by Crippen LogP contribution is 2.19. The molecule has 3 aromatic heterocycles. The molecule has 19 heavy (non-hydrogen) atoms. The van der Waals surface area contributed by atoms with Gasteiger partial charge >= 0.3 is 0 Å². The molecule has 0 unspecified atom stereocenters. The van der Waals surface area contributed by atoms with Gasteiger partial charge in [0.05, 0.1) is 12.3 Å². The maximum absolute atomic E-state index is 5.03. The van der Waals surface area contributed by atoms with Crippen LogP contribution in [-0.4, -0.2) is 44.4 Å². The van der Waals surface area contributed by atoms with Crippen LogP contribution in [-0.2, 0) is 11.3 Å². The summed E-state index contributed by atoms with van der Waals surface area (Å²) in [5.74, 6) is 0.814. The van der Waals surface area contributed by atoms with E-state index in [9.17, 15) is 0 Å². The fourth-order valence-corrected chi connectivity index (χ4v) is 2.60. The number of hydrogen-bond donors (Lipinski definition) is 1. The van der Waals surface area contributed by atoms with E-state index in [-0.39, 0.29) is 0 Å². The average molecular weight is 278 g/mol. The predicted molar refractivity (Wildman–Crippen MR) is 71.6 cm³/mol. The molecular formula is C11H14N6OS. The molecule has 3 heterocycles. The van der Waals surface area contributed by atoms with Crippen LogP contribution in [0.5, 0.6) is 0 Å². The number of rotatable bonds is 6. The van der Waals surface area contributed by atoms with Crippen molar-refractivity contribution in [3.05, 3.63) is 29.9 Å². The molecule has 3 rings (SSSR count). The molecule has 100 valence electrons. The van der Waals surface area contributed by atoms with Gasteiger partial charge in [0.1, 0.15) is 12.7 Å². The molecule has 0 aliphatic carbocycles. The van der Waals surface area contributed by atoms with Crippen molar-refractivity contribution in [2.45, 2.75) is 6.54 Å². The van der Waals surface area contributed by atoms with Gasteiger partial charge in [-0.3, -0.25) is 4.40 Å². The summed E-state index contributed by atoms with van der Waals surface area (Å²) in [6, 6.07) is 0. The zero-order valence-corrected chi connectivity index (χ0v) is 11.3. The van der Waals surface area contributed by atoms with Gasteiger partial charge in [0.25, 0.3) is 0 Å². The Morgan fingerprint density at radius 3 is 3.21 bits per heavy atom. The Labute approximate surface area is 113 Å². The monoisotopic (exact) mass is 278 g/mol. The topological polar surface area (TPSA) is 69.3 Å². The van der Waals surface area contributed by atoms with Gasteiger partial charge in [-0.1, -0.05) is 0 Å². The molecule has 0 aromatic carbocycles. The number of hydrogen-bond acceptors (Lipinski definition) is 6. The second-order valence-electron chi connectivity index (χ2n) is 3.95. The molecule has 0 bridgehead atoms. The molecule has 0 fully saturated rings. The van der Waals surface area contributed by atoms with E-state index in [4.69, 9.17) is 4.74 Å². The number of nitrogens with zero attached hydrogens (tertiary/aromatic N) is 5. The minimum absolute atomic E-state index is 0.685. The first-order chi connectivity index (χ1) is 9.40. The first kappa shape index (κ1) is 12.3. The summed E-state index contributed by atoms with van der Waals surface area (Å²) in [5, 5.41) is 9.50. The Bertz CT molecular complexity index is 643. The molecule has 8 heteroatoms. The molecule has 0 saturated carbocycles. The van der Waals surface area contributed by atoms with Crippen molar-refractivity contribution < 1.29 is 4.74 Å². The van der Waals surface area contributed by atoms with Gasteiger partial charge < -0.3 is 10.1 Å². The number of aromatic nitrogens is 5. The van der Waals surface area contributed by atoms with Crippen LogP contribution in [0, 0.1) is 0 Å². The molecule has 3 aromatic rings. The molecule has 0 saturated heterocycles. The zero-order valence-electron chi connectivity index (χ0n) is 10.5. The van der Waals surface area contributed by atoms with E-state index >= 15 is 0 Å². The molecule has 1 N–H and O–H groups in total. The number of methoxy groups -OCH3 is 1. The summed E-state index contributed by atoms with van der Waals surface area (Å²) in [4.78, 5) is 9.51. The molecular weight excluding hydrogens is 264 g/mol. The number of ether oxygens (including phenoxy) is 1. The van der Waals surface area contributed by atoms with Gasteiger partial charge in [-0.15, -0.1) is 11.3 Å². The van der Waals surface area contributed by atoms with Gasteiger partial charge in [-0.2, -0.15) is 10.1 Å². The Morgan fingerprint density at radius 2 is 2.42 bits per heavy atom. The Hall–Kier alpha value is -1.77. The predicted octanol–water partition coefficient (Wildman–Crippen LogP) is 0.712.